The summed E-state index contributed by atoms with van der Waals surface area (Å²) in [5.41, 5.74) is 0.507. The van der Waals surface area contributed by atoms with E-state index in [1.54, 1.807) is 17.1 Å². The van der Waals surface area contributed by atoms with Gasteiger partial charge in [0.25, 0.3) is 5.91 Å². The summed E-state index contributed by atoms with van der Waals surface area (Å²) in [5.74, 6) is 0.443. The number of likely N-dealkylation sites (tertiary alicyclic amines) is 1. The van der Waals surface area contributed by atoms with Crippen molar-refractivity contribution in [1.82, 2.24) is 14.5 Å². The van der Waals surface area contributed by atoms with E-state index >= 15 is 0 Å². The minimum absolute atomic E-state index is 0.000963. The van der Waals surface area contributed by atoms with E-state index in [-0.39, 0.29) is 12.5 Å². The Hall–Kier alpha value is -1.36. The number of aromatic nitrogens is 2. The Morgan fingerprint density at radius 2 is 2.50 bits per heavy atom. The fourth-order valence-electron chi connectivity index (χ4n) is 2.12. The van der Waals surface area contributed by atoms with Crippen LogP contribution in [-0.2, 0) is 7.05 Å². The molecule has 5 heteroatoms. The number of nitrogens with zero attached hydrogens (tertiary/aromatic N) is 3. The van der Waals surface area contributed by atoms with E-state index in [2.05, 4.69) is 4.98 Å². The first-order chi connectivity index (χ1) is 7.70. The fraction of sp³-hybridized carbons (Fsp3) is 0.636. The molecular formula is C11H17N3O2. The highest BCUT2D eigenvalue weighted by Crippen LogP contribution is 2.20. The summed E-state index contributed by atoms with van der Waals surface area (Å²) in [6.45, 7) is 1.73. The molecule has 1 N–H and O–H groups in total. The Morgan fingerprint density at radius 1 is 1.69 bits per heavy atom. The normalized spacial score (nSPS) is 20.4. The highest BCUT2D eigenvalue weighted by atomic mass is 16.3. The Morgan fingerprint density at radius 3 is 3.12 bits per heavy atom. The van der Waals surface area contributed by atoms with Gasteiger partial charge in [0.15, 0.2) is 0 Å². The number of hydrogen-bond acceptors (Lipinski definition) is 3. The number of rotatable bonds is 3. The predicted molar refractivity (Wildman–Crippen MR) is 58.9 cm³/mol. The van der Waals surface area contributed by atoms with Gasteiger partial charge in [-0.2, -0.15) is 0 Å². The molecule has 2 rings (SSSR count). The van der Waals surface area contributed by atoms with Crippen LogP contribution in [0.2, 0.25) is 0 Å². The molecule has 0 aliphatic carbocycles. The maximum absolute atomic E-state index is 12.0. The number of carbonyl (C=O) groups excluding carboxylic acids is 1. The molecule has 1 aromatic rings. The summed E-state index contributed by atoms with van der Waals surface area (Å²) in [5, 5.41) is 8.85. The van der Waals surface area contributed by atoms with Gasteiger partial charge in [-0.25, -0.2) is 4.98 Å². The molecule has 0 saturated carbocycles. The van der Waals surface area contributed by atoms with Crippen LogP contribution in [0.15, 0.2) is 12.5 Å². The molecule has 1 saturated heterocycles. The first-order valence-electron chi connectivity index (χ1n) is 5.59. The molecule has 5 nitrogen and oxygen atoms in total. The van der Waals surface area contributed by atoms with Crippen molar-refractivity contribution >= 4 is 5.91 Å². The summed E-state index contributed by atoms with van der Waals surface area (Å²) >= 11 is 0. The van der Waals surface area contributed by atoms with E-state index in [9.17, 15) is 4.79 Å². The van der Waals surface area contributed by atoms with E-state index in [1.807, 2.05) is 11.9 Å². The molecule has 0 aromatic carbocycles. The van der Waals surface area contributed by atoms with Crippen LogP contribution in [0, 0.1) is 5.92 Å². The SMILES string of the molecule is Cn1cnc(C(=O)N2CCC(CCO)C2)c1. The average molecular weight is 223 g/mol. The van der Waals surface area contributed by atoms with Crippen molar-refractivity contribution in [3.8, 4) is 0 Å². The van der Waals surface area contributed by atoms with Crippen LogP contribution in [0.1, 0.15) is 23.3 Å². The number of imidazole rings is 1. The molecule has 1 amide bonds. The van der Waals surface area contributed by atoms with E-state index in [0.717, 1.165) is 25.9 Å². The average Bonchev–Trinajstić information content (AvgIpc) is 2.87. The second-order valence-electron chi connectivity index (χ2n) is 4.34. The van der Waals surface area contributed by atoms with Crippen molar-refractivity contribution in [3.05, 3.63) is 18.2 Å². The Balaban J connectivity index is 1.97. The molecule has 0 spiro atoms. The van der Waals surface area contributed by atoms with E-state index in [1.165, 1.54) is 0 Å². The van der Waals surface area contributed by atoms with Gasteiger partial charge in [-0.15, -0.1) is 0 Å². The summed E-state index contributed by atoms with van der Waals surface area (Å²) < 4.78 is 1.77. The largest absolute Gasteiger partial charge is 0.396 e. The quantitative estimate of drug-likeness (QED) is 0.800. The summed E-state index contributed by atoms with van der Waals surface area (Å²) in [4.78, 5) is 17.9. The van der Waals surface area contributed by atoms with Gasteiger partial charge in [0, 0.05) is 32.9 Å². The van der Waals surface area contributed by atoms with Crippen molar-refractivity contribution in [2.45, 2.75) is 12.8 Å². The second-order valence-corrected chi connectivity index (χ2v) is 4.34. The minimum atomic E-state index is 0.000963. The van der Waals surface area contributed by atoms with Crippen LogP contribution in [0.25, 0.3) is 0 Å². The molecule has 1 aromatic heterocycles. The van der Waals surface area contributed by atoms with Crippen molar-refractivity contribution in [2.24, 2.45) is 13.0 Å². The zero-order chi connectivity index (χ0) is 11.5. The molecule has 1 atom stereocenters. The van der Waals surface area contributed by atoms with Crippen LogP contribution in [0.4, 0.5) is 0 Å². The molecule has 1 fully saturated rings. The third-order valence-corrected chi connectivity index (χ3v) is 3.03. The van der Waals surface area contributed by atoms with Gasteiger partial charge in [-0.05, 0) is 18.8 Å². The Kier molecular flexibility index (Phi) is 3.24. The maximum Gasteiger partial charge on any atom is 0.274 e. The number of aliphatic hydroxyl groups excluding tert-OH is 1. The highest BCUT2D eigenvalue weighted by Gasteiger charge is 2.27. The van der Waals surface area contributed by atoms with Crippen LogP contribution >= 0.6 is 0 Å². The molecule has 0 bridgehead atoms. The second kappa shape index (κ2) is 4.65. The number of aliphatic hydroxyl groups is 1. The van der Waals surface area contributed by atoms with Gasteiger partial charge in [-0.3, -0.25) is 4.79 Å². The van der Waals surface area contributed by atoms with E-state index < -0.39 is 0 Å². The summed E-state index contributed by atoms with van der Waals surface area (Å²) in [6.07, 6.45) is 5.14. The van der Waals surface area contributed by atoms with Crippen molar-refractivity contribution in [3.63, 3.8) is 0 Å². The number of aryl methyl sites for hydroxylation is 1. The van der Waals surface area contributed by atoms with Crippen LogP contribution < -0.4 is 0 Å². The van der Waals surface area contributed by atoms with E-state index in [0.29, 0.717) is 11.6 Å². The minimum Gasteiger partial charge on any atom is -0.396 e. The van der Waals surface area contributed by atoms with Gasteiger partial charge >= 0.3 is 0 Å². The first-order valence-corrected chi connectivity index (χ1v) is 5.59. The summed E-state index contributed by atoms with van der Waals surface area (Å²) in [7, 11) is 1.85. The standard InChI is InChI=1S/C11H17N3O2/c1-13-7-10(12-8-13)11(16)14-4-2-9(6-14)3-5-15/h7-9,15H,2-6H2,1H3. The third kappa shape index (κ3) is 2.24. The number of carbonyl (C=O) groups is 1. The first kappa shape index (κ1) is 11.1. The lowest BCUT2D eigenvalue weighted by Crippen LogP contribution is -2.29. The van der Waals surface area contributed by atoms with Crippen LogP contribution in [-0.4, -0.2) is 45.2 Å². The number of amides is 1. The highest BCUT2D eigenvalue weighted by molar-refractivity contribution is 5.92. The van der Waals surface area contributed by atoms with Crippen molar-refractivity contribution < 1.29 is 9.90 Å². The maximum atomic E-state index is 12.0. The molecule has 1 aliphatic heterocycles. The smallest absolute Gasteiger partial charge is 0.274 e. The van der Waals surface area contributed by atoms with Gasteiger partial charge in [0.2, 0.25) is 0 Å². The predicted octanol–water partition coefficient (Wildman–Crippen LogP) is 0.265. The monoisotopic (exact) mass is 223 g/mol. The Bertz CT molecular complexity index is 375. The van der Waals surface area contributed by atoms with E-state index in [4.69, 9.17) is 5.11 Å². The lowest BCUT2D eigenvalue weighted by atomic mass is 10.1. The molecule has 1 aliphatic rings. The van der Waals surface area contributed by atoms with Gasteiger partial charge in [0.05, 0.1) is 6.33 Å². The molecule has 88 valence electrons. The zero-order valence-corrected chi connectivity index (χ0v) is 9.46. The van der Waals surface area contributed by atoms with Gasteiger partial charge in [-0.1, -0.05) is 0 Å². The summed E-state index contributed by atoms with van der Waals surface area (Å²) in [6, 6.07) is 0. The Labute approximate surface area is 94.7 Å². The van der Waals surface area contributed by atoms with Crippen molar-refractivity contribution in [2.75, 3.05) is 19.7 Å². The zero-order valence-electron chi connectivity index (χ0n) is 9.46. The fourth-order valence-corrected chi connectivity index (χ4v) is 2.12. The third-order valence-electron chi connectivity index (χ3n) is 3.03. The lowest BCUT2D eigenvalue weighted by Gasteiger charge is -2.14. The van der Waals surface area contributed by atoms with Crippen LogP contribution in [0.5, 0.6) is 0 Å². The molecular weight excluding hydrogens is 206 g/mol. The lowest BCUT2D eigenvalue weighted by molar-refractivity contribution is 0.0779. The van der Waals surface area contributed by atoms with Gasteiger partial charge in [0.1, 0.15) is 5.69 Å². The topological polar surface area (TPSA) is 58.4 Å². The molecule has 2 heterocycles. The molecule has 0 radical (unpaired) electrons. The van der Waals surface area contributed by atoms with Crippen molar-refractivity contribution in [1.29, 1.82) is 0 Å². The molecule has 1 unspecified atom stereocenters. The number of hydrogen-bond donors (Lipinski definition) is 1. The van der Waals surface area contributed by atoms with Crippen LogP contribution in [0.3, 0.4) is 0 Å². The van der Waals surface area contributed by atoms with Gasteiger partial charge < -0.3 is 14.6 Å². The molecule has 16 heavy (non-hydrogen) atoms.